The van der Waals surface area contributed by atoms with Crippen LogP contribution in [0.2, 0.25) is 0 Å². The Morgan fingerprint density at radius 3 is 2.53 bits per heavy atom. The van der Waals surface area contributed by atoms with Crippen LogP contribution >= 0.6 is 0 Å². The Bertz CT molecular complexity index is 1530. The lowest BCUT2D eigenvalue weighted by Gasteiger charge is -2.12. The van der Waals surface area contributed by atoms with E-state index in [2.05, 4.69) is 25.4 Å². The van der Waals surface area contributed by atoms with Crippen molar-refractivity contribution in [3.63, 3.8) is 0 Å². The van der Waals surface area contributed by atoms with Gasteiger partial charge in [0.2, 0.25) is 5.95 Å². The van der Waals surface area contributed by atoms with Crippen LogP contribution in [0.15, 0.2) is 45.7 Å². The first kappa shape index (κ1) is 24.4. The molecule has 0 saturated carbocycles. The number of halogens is 5. The zero-order chi connectivity index (χ0) is 26.2. The summed E-state index contributed by atoms with van der Waals surface area (Å²) in [5.74, 6) is -5.78. The molecule has 0 fully saturated rings. The number of hydrogen-bond acceptors (Lipinski definition) is 9. The molecule has 0 amide bonds. The van der Waals surface area contributed by atoms with Gasteiger partial charge >= 0.3 is 17.9 Å². The SMILES string of the molecule is COc1cc(Nc2ncc(F)c(Nc3ccc4oc(=O)n(OC(=O)C(F)(F)F)c4c3)n2)cc(F)c1C. The van der Waals surface area contributed by atoms with Gasteiger partial charge in [-0.2, -0.15) is 18.2 Å². The van der Waals surface area contributed by atoms with E-state index < -0.39 is 29.5 Å². The average molecular weight is 511 g/mol. The van der Waals surface area contributed by atoms with Crippen molar-refractivity contribution >= 4 is 40.2 Å². The maximum Gasteiger partial charge on any atom is 0.493 e. The summed E-state index contributed by atoms with van der Waals surface area (Å²) in [5.41, 5.74) is -0.0342. The van der Waals surface area contributed by atoms with Gasteiger partial charge in [0.25, 0.3) is 0 Å². The molecule has 2 aromatic heterocycles. The summed E-state index contributed by atoms with van der Waals surface area (Å²) < 4.78 is 76.0. The van der Waals surface area contributed by atoms with Crippen molar-refractivity contribution in [3.8, 4) is 5.75 Å². The standard InChI is InChI=1S/C21H14F5N5O5/c1-9-12(22)5-11(7-16(9)34-2)29-19-27-8-13(23)17(30-19)28-10-3-4-15-14(6-10)31(20(33)35-15)36-18(32)21(24,25)26/h3-8H,1-2H3,(H2,27,28,29,30). The molecule has 188 valence electrons. The van der Waals surface area contributed by atoms with Crippen LogP contribution in [0.3, 0.4) is 0 Å². The molecule has 2 heterocycles. The number of carbonyl (C=O) groups excluding carboxylic acids is 1. The van der Waals surface area contributed by atoms with Crippen molar-refractivity contribution in [2.75, 3.05) is 17.7 Å². The van der Waals surface area contributed by atoms with Crippen molar-refractivity contribution in [3.05, 3.63) is 64.3 Å². The molecule has 4 rings (SSSR count). The summed E-state index contributed by atoms with van der Waals surface area (Å²) >= 11 is 0. The summed E-state index contributed by atoms with van der Waals surface area (Å²) in [6.07, 6.45) is -4.55. The zero-order valence-corrected chi connectivity index (χ0v) is 18.2. The van der Waals surface area contributed by atoms with Gasteiger partial charge in [0.15, 0.2) is 17.2 Å². The largest absolute Gasteiger partial charge is 0.496 e. The second kappa shape index (κ2) is 9.16. The fourth-order valence-electron chi connectivity index (χ4n) is 3.01. The minimum Gasteiger partial charge on any atom is -0.496 e. The van der Waals surface area contributed by atoms with Crippen LogP contribution in [0.5, 0.6) is 5.75 Å². The second-order valence-corrected chi connectivity index (χ2v) is 7.15. The van der Waals surface area contributed by atoms with Crippen molar-refractivity contribution in [1.29, 1.82) is 0 Å². The number of fused-ring (bicyclic) bond motifs is 1. The highest BCUT2D eigenvalue weighted by atomic mass is 19.4. The molecule has 0 saturated heterocycles. The van der Waals surface area contributed by atoms with E-state index in [1.165, 1.54) is 32.2 Å². The summed E-state index contributed by atoms with van der Waals surface area (Å²) in [5, 5.41) is 5.27. The Balaban J connectivity index is 1.63. The first-order valence-corrected chi connectivity index (χ1v) is 9.82. The van der Waals surface area contributed by atoms with Crippen LogP contribution in [0.4, 0.5) is 45.1 Å². The minimum absolute atomic E-state index is 0.0129. The number of rotatable bonds is 6. The third-order valence-corrected chi connectivity index (χ3v) is 4.73. The maximum atomic E-state index is 14.4. The van der Waals surface area contributed by atoms with Crippen molar-refractivity contribution in [2.24, 2.45) is 0 Å². The van der Waals surface area contributed by atoms with E-state index in [4.69, 9.17) is 9.15 Å². The summed E-state index contributed by atoms with van der Waals surface area (Å²) in [4.78, 5) is 34.8. The van der Waals surface area contributed by atoms with Crippen LogP contribution in [-0.4, -0.2) is 34.0 Å². The summed E-state index contributed by atoms with van der Waals surface area (Å²) in [7, 11) is 1.36. The molecule has 0 aliphatic carbocycles. The molecule has 2 aromatic carbocycles. The zero-order valence-electron chi connectivity index (χ0n) is 18.2. The van der Waals surface area contributed by atoms with Gasteiger partial charge in [-0.15, -0.1) is 0 Å². The van der Waals surface area contributed by atoms with Gasteiger partial charge in [-0.1, -0.05) is 4.73 Å². The molecule has 10 nitrogen and oxygen atoms in total. The van der Waals surface area contributed by atoms with Gasteiger partial charge in [0.05, 0.1) is 13.3 Å². The molecule has 0 unspecified atom stereocenters. The minimum atomic E-state index is -5.36. The van der Waals surface area contributed by atoms with Crippen LogP contribution < -0.4 is 26.0 Å². The van der Waals surface area contributed by atoms with Crippen molar-refractivity contribution in [2.45, 2.75) is 13.1 Å². The Morgan fingerprint density at radius 1 is 1.08 bits per heavy atom. The lowest BCUT2D eigenvalue weighted by atomic mass is 10.2. The van der Waals surface area contributed by atoms with E-state index in [9.17, 15) is 31.5 Å². The number of benzene rings is 2. The number of carbonyl (C=O) groups is 1. The van der Waals surface area contributed by atoms with E-state index in [0.29, 0.717) is 0 Å². The number of methoxy groups -OCH3 is 1. The number of oxazole rings is 1. The van der Waals surface area contributed by atoms with Gasteiger partial charge in [0.1, 0.15) is 17.1 Å². The first-order chi connectivity index (χ1) is 17.0. The Labute approximate surface area is 197 Å². The average Bonchev–Trinajstić information content (AvgIpc) is 3.12. The molecular formula is C21H14F5N5O5. The second-order valence-electron chi connectivity index (χ2n) is 7.15. The summed E-state index contributed by atoms with van der Waals surface area (Å²) in [6, 6.07) is 6.18. The van der Waals surface area contributed by atoms with E-state index in [-0.39, 0.29) is 50.3 Å². The van der Waals surface area contributed by atoms with Gasteiger partial charge in [-0.3, -0.25) is 0 Å². The van der Waals surface area contributed by atoms with Crippen LogP contribution in [0.25, 0.3) is 11.1 Å². The third-order valence-electron chi connectivity index (χ3n) is 4.73. The predicted molar refractivity (Wildman–Crippen MR) is 114 cm³/mol. The Morgan fingerprint density at radius 2 is 1.83 bits per heavy atom. The molecule has 0 spiro atoms. The quantitative estimate of drug-likeness (QED) is 0.370. The smallest absolute Gasteiger partial charge is 0.493 e. The lowest BCUT2D eigenvalue weighted by Crippen LogP contribution is -2.36. The van der Waals surface area contributed by atoms with E-state index in [1.54, 1.807) is 0 Å². The molecule has 4 aromatic rings. The Hall–Kier alpha value is -4.69. The highest BCUT2D eigenvalue weighted by molar-refractivity contribution is 5.81. The number of ether oxygens (including phenoxy) is 1. The fourth-order valence-corrected chi connectivity index (χ4v) is 3.01. The molecule has 2 N–H and O–H groups in total. The topological polar surface area (TPSA) is 121 Å². The first-order valence-electron chi connectivity index (χ1n) is 9.82. The van der Waals surface area contributed by atoms with Crippen molar-refractivity contribution in [1.82, 2.24) is 14.7 Å². The monoisotopic (exact) mass is 511 g/mol. The number of alkyl halides is 3. The molecular weight excluding hydrogens is 497 g/mol. The van der Waals surface area contributed by atoms with Crippen molar-refractivity contribution < 1.29 is 40.7 Å². The number of hydrogen-bond donors (Lipinski definition) is 2. The highest BCUT2D eigenvalue weighted by Gasteiger charge is 2.42. The molecule has 36 heavy (non-hydrogen) atoms. The predicted octanol–water partition coefficient (Wildman–Crippen LogP) is 3.98. The third kappa shape index (κ3) is 4.89. The maximum absolute atomic E-state index is 14.4. The van der Waals surface area contributed by atoms with E-state index in [1.807, 2.05) is 0 Å². The number of nitrogens with zero attached hydrogens (tertiary/aromatic N) is 3. The van der Waals surface area contributed by atoms with Gasteiger partial charge in [0, 0.05) is 23.0 Å². The fraction of sp³-hybridized carbons (Fsp3) is 0.143. The number of nitrogens with one attached hydrogen (secondary N) is 2. The molecule has 0 bridgehead atoms. The van der Waals surface area contributed by atoms with E-state index in [0.717, 1.165) is 18.3 Å². The lowest BCUT2D eigenvalue weighted by molar-refractivity contribution is -0.200. The number of anilines is 4. The van der Waals surface area contributed by atoms with Gasteiger partial charge in [-0.05, 0) is 31.2 Å². The van der Waals surface area contributed by atoms with Crippen LogP contribution in [-0.2, 0) is 4.79 Å². The van der Waals surface area contributed by atoms with Gasteiger partial charge in [-0.25, -0.2) is 23.4 Å². The van der Waals surface area contributed by atoms with Crippen LogP contribution in [0.1, 0.15) is 5.56 Å². The Kier molecular flexibility index (Phi) is 6.22. The molecule has 0 atom stereocenters. The highest BCUT2D eigenvalue weighted by Crippen LogP contribution is 2.28. The van der Waals surface area contributed by atoms with Gasteiger partial charge < -0.3 is 24.6 Å². The van der Waals surface area contributed by atoms with E-state index >= 15 is 0 Å². The van der Waals surface area contributed by atoms with Crippen LogP contribution in [0, 0.1) is 18.6 Å². The molecule has 0 aliphatic rings. The normalized spacial score (nSPS) is 11.4. The molecule has 0 aliphatic heterocycles. The molecule has 0 radical (unpaired) electrons. The number of aromatic nitrogens is 3. The molecule has 15 heteroatoms. The summed E-state index contributed by atoms with van der Waals surface area (Å²) in [6.45, 7) is 1.52.